The van der Waals surface area contributed by atoms with Gasteiger partial charge in [-0.2, -0.15) is 18.2 Å². The van der Waals surface area contributed by atoms with Crippen LogP contribution in [0.2, 0.25) is 0 Å². The summed E-state index contributed by atoms with van der Waals surface area (Å²) in [6.45, 7) is 3.38. The molecular weight excluding hydrogens is 273 g/mol. The lowest BCUT2D eigenvalue weighted by atomic mass is 9.82. The second kappa shape index (κ2) is 5.71. The standard InChI is InChI=1S/C13H19F3N2O2/c1-7-4-3-5-9(6-7)11-17-12(20-18-11)8(2)10(19)13(14,15)16/h7-10,19H,3-6H2,1-2H3. The van der Waals surface area contributed by atoms with Crippen LogP contribution >= 0.6 is 0 Å². The highest BCUT2D eigenvalue weighted by Crippen LogP contribution is 2.36. The van der Waals surface area contributed by atoms with E-state index in [4.69, 9.17) is 4.52 Å². The highest BCUT2D eigenvalue weighted by Gasteiger charge is 2.44. The van der Waals surface area contributed by atoms with E-state index >= 15 is 0 Å². The van der Waals surface area contributed by atoms with Crippen LogP contribution in [0.1, 0.15) is 63.1 Å². The monoisotopic (exact) mass is 292 g/mol. The number of halogens is 3. The Labute approximate surface area is 115 Å². The Bertz CT molecular complexity index is 447. The zero-order valence-corrected chi connectivity index (χ0v) is 11.5. The molecule has 0 amide bonds. The molecule has 1 aromatic heterocycles. The third-order valence-electron chi connectivity index (χ3n) is 3.96. The fourth-order valence-electron chi connectivity index (χ4n) is 2.69. The number of aliphatic hydroxyl groups excluding tert-OH is 1. The van der Waals surface area contributed by atoms with E-state index in [1.165, 1.54) is 6.92 Å². The highest BCUT2D eigenvalue weighted by atomic mass is 19.4. The Kier molecular flexibility index (Phi) is 4.36. The van der Waals surface area contributed by atoms with Gasteiger partial charge in [0.2, 0.25) is 5.89 Å². The molecular formula is C13H19F3N2O2. The molecule has 1 heterocycles. The summed E-state index contributed by atoms with van der Waals surface area (Å²) >= 11 is 0. The van der Waals surface area contributed by atoms with Crippen LogP contribution in [0.25, 0.3) is 0 Å². The summed E-state index contributed by atoms with van der Waals surface area (Å²) in [5.74, 6) is -0.228. The molecule has 0 spiro atoms. The van der Waals surface area contributed by atoms with Gasteiger partial charge >= 0.3 is 6.18 Å². The molecule has 7 heteroatoms. The third-order valence-corrected chi connectivity index (χ3v) is 3.96. The maximum absolute atomic E-state index is 12.5. The second-order valence-corrected chi connectivity index (χ2v) is 5.73. The van der Waals surface area contributed by atoms with Crippen molar-refractivity contribution in [3.8, 4) is 0 Å². The summed E-state index contributed by atoms with van der Waals surface area (Å²) < 4.78 is 42.3. The van der Waals surface area contributed by atoms with Crippen molar-refractivity contribution in [2.24, 2.45) is 5.92 Å². The molecule has 1 aliphatic rings. The minimum absolute atomic E-state index is 0.145. The van der Waals surface area contributed by atoms with Gasteiger partial charge in [-0.05, 0) is 18.8 Å². The van der Waals surface area contributed by atoms with E-state index in [-0.39, 0.29) is 11.8 Å². The number of hydrogen-bond donors (Lipinski definition) is 1. The van der Waals surface area contributed by atoms with Gasteiger partial charge in [0, 0.05) is 5.92 Å². The van der Waals surface area contributed by atoms with Crippen LogP contribution in [0.3, 0.4) is 0 Å². The first-order valence-electron chi connectivity index (χ1n) is 6.87. The van der Waals surface area contributed by atoms with Crippen molar-refractivity contribution in [2.75, 3.05) is 0 Å². The molecule has 1 aliphatic carbocycles. The molecule has 4 nitrogen and oxygen atoms in total. The zero-order valence-electron chi connectivity index (χ0n) is 11.5. The van der Waals surface area contributed by atoms with Crippen LogP contribution in [0, 0.1) is 5.92 Å². The van der Waals surface area contributed by atoms with E-state index in [1.807, 2.05) is 0 Å². The van der Waals surface area contributed by atoms with E-state index in [9.17, 15) is 18.3 Å². The minimum atomic E-state index is -4.69. The number of nitrogens with zero attached hydrogens (tertiary/aromatic N) is 2. The van der Waals surface area contributed by atoms with Crippen molar-refractivity contribution in [3.05, 3.63) is 11.7 Å². The van der Waals surface area contributed by atoms with Crippen molar-refractivity contribution in [1.82, 2.24) is 10.1 Å². The molecule has 0 bridgehead atoms. The molecule has 114 valence electrons. The lowest BCUT2D eigenvalue weighted by Crippen LogP contribution is -2.33. The number of aromatic nitrogens is 2. The first-order valence-corrected chi connectivity index (χ1v) is 6.87. The van der Waals surface area contributed by atoms with Crippen LogP contribution in [0.5, 0.6) is 0 Å². The second-order valence-electron chi connectivity index (χ2n) is 5.73. The van der Waals surface area contributed by atoms with Crippen LogP contribution in [-0.2, 0) is 0 Å². The molecule has 4 unspecified atom stereocenters. The zero-order chi connectivity index (χ0) is 14.9. The first-order chi connectivity index (χ1) is 9.29. The van der Waals surface area contributed by atoms with Crippen LogP contribution in [0.15, 0.2) is 4.52 Å². The predicted octanol–water partition coefficient (Wildman–Crippen LogP) is 3.39. The maximum Gasteiger partial charge on any atom is 0.415 e. The van der Waals surface area contributed by atoms with E-state index in [0.717, 1.165) is 25.7 Å². The van der Waals surface area contributed by atoms with Crippen molar-refractivity contribution in [3.63, 3.8) is 0 Å². The summed E-state index contributed by atoms with van der Waals surface area (Å²) in [6, 6.07) is 0. The van der Waals surface area contributed by atoms with Crippen molar-refractivity contribution < 1.29 is 22.8 Å². The molecule has 1 saturated carbocycles. The average Bonchev–Trinajstić information content (AvgIpc) is 2.85. The van der Waals surface area contributed by atoms with E-state index < -0.39 is 18.2 Å². The smallest absolute Gasteiger partial charge is 0.383 e. The van der Waals surface area contributed by atoms with Crippen LogP contribution < -0.4 is 0 Å². The molecule has 2 rings (SSSR count). The lowest BCUT2D eigenvalue weighted by molar-refractivity contribution is -0.210. The van der Waals surface area contributed by atoms with Crippen LogP contribution in [-0.4, -0.2) is 27.5 Å². The van der Waals surface area contributed by atoms with Crippen molar-refractivity contribution >= 4 is 0 Å². The topological polar surface area (TPSA) is 59.2 Å². The Hall–Kier alpha value is -1.11. The average molecular weight is 292 g/mol. The van der Waals surface area contributed by atoms with Gasteiger partial charge in [-0.25, -0.2) is 0 Å². The predicted molar refractivity (Wildman–Crippen MR) is 65.1 cm³/mol. The number of aliphatic hydroxyl groups is 1. The summed E-state index contributed by atoms with van der Waals surface area (Å²) in [4.78, 5) is 4.07. The van der Waals surface area contributed by atoms with Gasteiger partial charge in [0.1, 0.15) is 0 Å². The summed E-state index contributed by atoms with van der Waals surface area (Å²) in [6.07, 6.45) is -3.09. The summed E-state index contributed by atoms with van der Waals surface area (Å²) in [7, 11) is 0. The van der Waals surface area contributed by atoms with Crippen LogP contribution in [0.4, 0.5) is 13.2 Å². The molecule has 0 radical (unpaired) electrons. The number of alkyl halides is 3. The quantitative estimate of drug-likeness (QED) is 0.927. The summed E-state index contributed by atoms with van der Waals surface area (Å²) in [5.41, 5.74) is 0. The van der Waals surface area contributed by atoms with Gasteiger partial charge < -0.3 is 9.63 Å². The van der Waals surface area contributed by atoms with Crippen molar-refractivity contribution in [1.29, 1.82) is 0 Å². The molecule has 1 N–H and O–H groups in total. The van der Waals surface area contributed by atoms with E-state index in [2.05, 4.69) is 17.1 Å². The van der Waals surface area contributed by atoms with Gasteiger partial charge in [-0.3, -0.25) is 0 Å². The Morgan fingerprint density at radius 1 is 1.35 bits per heavy atom. The third kappa shape index (κ3) is 3.31. The molecule has 0 saturated heterocycles. The molecule has 4 atom stereocenters. The Morgan fingerprint density at radius 2 is 2.05 bits per heavy atom. The molecule has 0 aliphatic heterocycles. The molecule has 1 fully saturated rings. The van der Waals surface area contributed by atoms with E-state index in [0.29, 0.717) is 11.7 Å². The first kappa shape index (κ1) is 15.3. The highest BCUT2D eigenvalue weighted by molar-refractivity contribution is 5.02. The lowest BCUT2D eigenvalue weighted by Gasteiger charge is -2.24. The molecule has 0 aromatic carbocycles. The number of rotatable bonds is 3. The summed E-state index contributed by atoms with van der Waals surface area (Å²) in [5, 5.41) is 13.0. The van der Waals surface area contributed by atoms with E-state index in [1.54, 1.807) is 0 Å². The number of hydrogen-bond acceptors (Lipinski definition) is 4. The van der Waals surface area contributed by atoms with Crippen molar-refractivity contribution in [2.45, 2.75) is 63.6 Å². The van der Waals surface area contributed by atoms with Gasteiger partial charge in [-0.1, -0.05) is 31.8 Å². The fourth-order valence-corrected chi connectivity index (χ4v) is 2.69. The molecule has 1 aromatic rings. The fraction of sp³-hybridized carbons (Fsp3) is 0.846. The van der Waals surface area contributed by atoms with Gasteiger partial charge in [0.15, 0.2) is 11.9 Å². The van der Waals surface area contributed by atoms with Gasteiger partial charge in [-0.15, -0.1) is 0 Å². The van der Waals surface area contributed by atoms with Gasteiger partial charge in [0.25, 0.3) is 0 Å². The van der Waals surface area contributed by atoms with Gasteiger partial charge in [0.05, 0.1) is 5.92 Å². The molecule has 20 heavy (non-hydrogen) atoms. The Balaban J connectivity index is 2.08. The normalized spacial score (nSPS) is 27.3. The largest absolute Gasteiger partial charge is 0.415 e. The SMILES string of the molecule is CC1CCCC(c2noc(C(C)C(O)C(F)(F)F)n2)C1. The Morgan fingerprint density at radius 3 is 2.65 bits per heavy atom. The maximum atomic E-state index is 12.5. The minimum Gasteiger partial charge on any atom is -0.383 e.